The second-order valence-corrected chi connectivity index (χ2v) is 6.70. The molecule has 8 heteroatoms. The summed E-state index contributed by atoms with van der Waals surface area (Å²) in [6.07, 6.45) is 8.67. The molecular weight excluding hydrogens is 341 g/mol. The van der Waals surface area contributed by atoms with E-state index in [9.17, 15) is 14.4 Å². The van der Waals surface area contributed by atoms with E-state index >= 15 is 0 Å². The van der Waals surface area contributed by atoms with Gasteiger partial charge in [0.1, 0.15) is 11.5 Å². The van der Waals surface area contributed by atoms with E-state index in [1.165, 1.54) is 23.6 Å². The fraction of sp³-hybridized carbons (Fsp3) is 0.412. The highest BCUT2D eigenvalue weighted by molar-refractivity contribution is 7.16. The second-order valence-electron chi connectivity index (χ2n) is 5.51. The summed E-state index contributed by atoms with van der Waals surface area (Å²) in [6, 6.07) is 1.19. The molecule has 25 heavy (non-hydrogen) atoms. The first kappa shape index (κ1) is 18.8. The number of thiazole rings is 1. The number of halogens is 1. The Balaban J connectivity index is 2.10. The van der Waals surface area contributed by atoms with Crippen molar-refractivity contribution in [2.24, 2.45) is 0 Å². The zero-order valence-corrected chi connectivity index (χ0v) is 15.1. The average molecular weight is 361 g/mol. The van der Waals surface area contributed by atoms with E-state index in [-0.39, 0.29) is 11.6 Å². The molecule has 0 saturated heterocycles. The fourth-order valence-corrected chi connectivity index (χ4v) is 3.14. The molecule has 0 unspecified atom stereocenters. The van der Waals surface area contributed by atoms with Gasteiger partial charge in [0.25, 0.3) is 5.91 Å². The van der Waals surface area contributed by atoms with E-state index in [4.69, 9.17) is 0 Å². The van der Waals surface area contributed by atoms with Crippen molar-refractivity contribution in [2.75, 3.05) is 11.4 Å². The largest absolute Gasteiger partial charge is 0.351 e. The monoisotopic (exact) mass is 361 g/mol. The van der Waals surface area contributed by atoms with Crippen LogP contribution in [0.15, 0.2) is 18.5 Å². The lowest BCUT2D eigenvalue weighted by molar-refractivity contribution is 0.0948. The number of aromatic nitrogens is 2. The summed E-state index contributed by atoms with van der Waals surface area (Å²) in [4.78, 5) is 22.1. The number of rotatable bonds is 8. The van der Waals surface area contributed by atoms with Crippen LogP contribution >= 0.6 is 11.3 Å². The van der Waals surface area contributed by atoms with Crippen molar-refractivity contribution in [1.29, 1.82) is 5.26 Å². The molecule has 2 aromatic heterocycles. The van der Waals surface area contributed by atoms with Gasteiger partial charge in [-0.1, -0.05) is 26.2 Å². The van der Waals surface area contributed by atoms with Crippen LogP contribution in [0.25, 0.3) is 0 Å². The first-order valence-electron chi connectivity index (χ1n) is 8.12. The maximum atomic E-state index is 13.3. The van der Waals surface area contributed by atoms with Gasteiger partial charge >= 0.3 is 0 Å². The summed E-state index contributed by atoms with van der Waals surface area (Å²) in [5.74, 6) is -0.803. The maximum absolute atomic E-state index is 13.3. The van der Waals surface area contributed by atoms with E-state index in [1.807, 2.05) is 6.19 Å². The minimum Gasteiger partial charge on any atom is -0.351 e. The molecule has 0 aliphatic rings. The van der Waals surface area contributed by atoms with Crippen LogP contribution in [-0.4, -0.2) is 22.4 Å². The predicted octanol–water partition coefficient (Wildman–Crippen LogP) is 3.91. The number of hydrogen-bond acceptors (Lipinski definition) is 6. The van der Waals surface area contributed by atoms with Crippen LogP contribution in [0.2, 0.25) is 0 Å². The average Bonchev–Trinajstić information content (AvgIpc) is 2.97. The normalized spacial score (nSPS) is 10.3. The van der Waals surface area contributed by atoms with Crippen molar-refractivity contribution in [2.45, 2.75) is 39.5 Å². The molecule has 0 spiro atoms. The minimum absolute atomic E-state index is 0.258. The van der Waals surface area contributed by atoms with E-state index in [1.54, 1.807) is 6.92 Å². The van der Waals surface area contributed by atoms with Gasteiger partial charge in [-0.2, -0.15) is 5.26 Å². The molecule has 2 aromatic rings. The molecule has 0 aliphatic carbocycles. The number of aryl methyl sites for hydroxylation is 1. The SMILES string of the molecule is CCCCCCNC(=O)c1nc(N(C#N)c2cncc(F)c2)sc1C. The van der Waals surface area contributed by atoms with E-state index in [2.05, 4.69) is 22.2 Å². The number of nitrogens with one attached hydrogen (secondary N) is 1. The van der Waals surface area contributed by atoms with Crippen LogP contribution in [-0.2, 0) is 0 Å². The van der Waals surface area contributed by atoms with E-state index in [0.29, 0.717) is 22.2 Å². The minimum atomic E-state index is -0.545. The lowest BCUT2D eigenvalue weighted by Crippen LogP contribution is -2.25. The van der Waals surface area contributed by atoms with Crippen molar-refractivity contribution in [1.82, 2.24) is 15.3 Å². The third-order valence-electron chi connectivity index (χ3n) is 3.56. The molecule has 2 heterocycles. The number of carbonyl (C=O) groups excluding carboxylic acids is 1. The Labute approximate surface area is 150 Å². The zero-order valence-electron chi connectivity index (χ0n) is 14.3. The summed E-state index contributed by atoms with van der Waals surface area (Å²) in [7, 11) is 0. The van der Waals surface area contributed by atoms with Crippen molar-refractivity contribution in [3.05, 3.63) is 34.8 Å². The standard InChI is InChI=1S/C17H20FN5OS/c1-3-4-5-6-7-21-16(24)15-12(2)25-17(22-15)23(11-19)14-8-13(18)9-20-10-14/h8-10H,3-7H2,1-2H3,(H,21,24). The smallest absolute Gasteiger partial charge is 0.271 e. The van der Waals surface area contributed by atoms with E-state index < -0.39 is 5.82 Å². The molecule has 1 N–H and O–H groups in total. The molecule has 0 aliphatic heterocycles. The van der Waals surface area contributed by atoms with Gasteiger partial charge in [-0.25, -0.2) is 14.3 Å². The number of amides is 1. The first-order valence-corrected chi connectivity index (χ1v) is 8.94. The summed E-state index contributed by atoms with van der Waals surface area (Å²) in [5, 5.41) is 12.5. The molecule has 1 amide bonds. The van der Waals surface area contributed by atoms with Gasteiger partial charge in [-0.05, 0) is 13.3 Å². The first-order chi connectivity index (χ1) is 12.1. The molecule has 0 bridgehead atoms. The highest BCUT2D eigenvalue weighted by atomic mass is 32.1. The molecule has 0 saturated carbocycles. The summed E-state index contributed by atoms with van der Waals surface area (Å²) < 4.78 is 13.3. The predicted molar refractivity (Wildman–Crippen MR) is 95.3 cm³/mol. The van der Waals surface area contributed by atoms with Crippen LogP contribution < -0.4 is 10.2 Å². The number of hydrogen-bond donors (Lipinski definition) is 1. The van der Waals surface area contributed by atoms with Crippen LogP contribution in [0.1, 0.15) is 48.0 Å². The van der Waals surface area contributed by atoms with E-state index in [0.717, 1.165) is 36.8 Å². The van der Waals surface area contributed by atoms with Gasteiger partial charge in [0, 0.05) is 17.5 Å². The third-order valence-corrected chi connectivity index (χ3v) is 4.51. The molecule has 0 aromatic carbocycles. The Bertz CT molecular complexity index is 771. The van der Waals surface area contributed by atoms with Gasteiger partial charge in [-0.3, -0.25) is 9.78 Å². The lowest BCUT2D eigenvalue weighted by Gasteiger charge is -2.11. The number of unbranched alkanes of at least 4 members (excludes halogenated alkanes) is 3. The summed E-state index contributed by atoms with van der Waals surface area (Å²) >= 11 is 1.20. The van der Waals surface area contributed by atoms with Crippen molar-refractivity contribution < 1.29 is 9.18 Å². The van der Waals surface area contributed by atoms with Gasteiger partial charge < -0.3 is 5.32 Å². The number of carbonyl (C=O) groups is 1. The molecule has 0 atom stereocenters. The molecule has 0 radical (unpaired) electrons. The quantitative estimate of drug-likeness (QED) is 0.438. The Hall–Kier alpha value is -2.53. The van der Waals surface area contributed by atoms with Crippen molar-refractivity contribution in [3.8, 4) is 6.19 Å². The topological polar surface area (TPSA) is 81.9 Å². The Morgan fingerprint density at radius 3 is 2.88 bits per heavy atom. The Kier molecular flexibility index (Phi) is 6.83. The van der Waals surface area contributed by atoms with Gasteiger partial charge in [0.15, 0.2) is 6.19 Å². The Morgan fingerprint density at radius 1 is 1.40 bits per heavy atom. The molecule has 132 valence electrons. The Morgan fingerprint density at radius 2 is 2.20 bits per heavy atom. The van der Waals surface area contributed by atoms with Crippen LogP contribution in [0.3, 0.4) is 0 Å². The molecular formula is C17H20FN5OS. The molecule has 2 rings (SSSR count). The number of anilines is 2. The van der Waals surface area contributed by atoms with Gasteiger partial charge in [0.05, 0.1) is 18.1 Å². The van der Waals surface area contributed by atoms with Crippen molar-refractivity contribution in [3.63, 3.8) is 0 Å². The highest BCUT2D eigenvalue weighted by Crippen LogP contribution is 2.30. The van der Waals surface area contributed by atoms with Gasteiger partial charge in [0.2, 0.25) is 5.13 Å². The number of nitriles is 1. The number of nitrogens with zero attached hydrogens (tertiary/aromatic N) is 4. The highest BCUT2D eigenvalue weighted by Gasteiger charge is 2.20. The van der Waals surface area contributed by atoms with Crippen molar-refractivity contribution >= 4 is 28.1 Å². The van der Waals surface area contributed by atoms with Crippen LogP contribution in [0.5, 0.6) is 0 Å². The fourth-order valence-electron chi connectivity index (χ4n) is 2.26. The maximum Gasteiger partial charge on any atom is 0.271 e. The second kappa shape index (κ2) is 9.08. The number of pyridine rings is 1. The van der Waals surface area contributed by atoms with Gasteiger partial charge in [-0.15, -0.1) is 11.3 Å². The zero-order chi connectivity index (χ0) is 18.2. The van der Waals surface area contributed by atoms with Crippen LogP contribution in [0, 0.1) is 24.2 Å². The molecule has 6 nitrogen and oxygen atoms in total. The van der Waals surface area contributed by atoms with Crippen LogP contribution in [0.4, 0.5) is 15.2 Å². The summed E-state index contributed by atoms with van der Waals surface area (Å²) in [5.41, 5.74) is 0.558. The lowest BCUT2D eigenvalue weighted by atomic mass is 10.2. The molecule has 0 fully saturated rings. The third kappa shape index (κ3) is 4.97. The summed E-state index contributed by atoms with van der Waals surface area (Å²) in [6.45, 7) is 4.50.